The number of anilines is 1. The van der Waals surface area contributed by atoms with Crippen LogP contribution in [0.3, 0.4) is 0 Å². The molecule has 100 valence electrons. The number of fused-ring (bicyclic) bond motifs is 1. The summed E-state index contributed by atoms with van der Waals surface area (Å²) >= 11 is 0. The predicted octanol–water partition coefficient (Wildman–Crippen LogP) is 3.52. The Kier molecular flexibility index (Phi) is 4.97. The molecule has 0 radical (unpaired) electrons. The highest BCUT2D eigenvalue weighted by atomic mass is 15.0. The second-order valence-electron chi connectivity index (χ2n) is 5.15. The molecule has 1 aromatic heterocycles. The summed E-state index contributed by atoms with van der Waals surface area (Å²) in [7, 11) is 0. The molecule has 1 aliphatic rings. The standard InChI is InChI=1S/C15H25N3/c1-3-5-10-14-17-13-9-7-6-8-12(13)15(18-14)16-11-4-2/h3-11H2,1-2H3,(H,16,17,18). The van der Waals surface area contributed by atoms with E-state index in [-0.39, 0.29) is 0 Å². The van der Waals surface area contributed by atoms with Crippen LogP contribution in [0, 0.1) is 0 Å². The van der Waals surface area contributed by atoms with Gasteiger partial charge in [-0.1, -0.05) is 20.3 Å². The fourth-order valence-corrected chi connectivity index (χ4v) is 2.48. The summed E-state index contributed by atoms with van der Waals surface area (Å²) in [6.07, 6.45) is 9.40. The molecule has 1 aromatic rings. The molecule has 3 nitrogen and oxygen atoms in total. The van der Waals surface area contributed by atoms with Crippen LogP contribution in [-0.2, 0) is 19.3 Å². The molecule has 0 atom stereocenters. The van der Waals surface area contributed by atoms with Gasteiger partial charge in [0, 0.05) is 24.2 Å². The monoisotopic (exact) mass is 247 g/mol. The van der Waals surface area contributed by atoms with Crippen molar-refractivity contribution in [1.29, 1.82) is 0 Å². The van der Waals surface area contributed by atoms with Crippen molar-refractivity contribution in [3.8, 4) is 0 Å². The predicted molar refractivity (Wildman–Crippen MR) is 76.1 cm³/mol. The summed E-state index contributed by atoms with van der Waals surface area (Å²) < 4.78 is 0. The third-order valence-corrected chi connectivity index (χ3v) is 3.53. The summed E-state index contributed by atoms with van der Waals surface area (Å²) in [5.74, 6) is 2.16. The van der Waals surface area contributed by atoms with Crippen LogP contribution in [0.25, 0.3) is 0 Å². The van der Waals surface area contributed by atoms with Gasteiger partial charge in [-0.3, -0.25) is 0 Å². The molecule has 1 N–H and O–H groups in total. The molecule has 0 unspecified atom stereocenters. The molecular weight excluding hydrogens is 222 g/mol. The molecule has 18 heavy (non-hydrogen) atoms. The molecule has 0 fully saturated rings. The van der Waals surface area contributed by atoms with Crippen LogP contribution in [0.1, 0.15) is 63.0 Å². The number of rotatable bonds is 6. The summed E-state index contributed by atoms with van der Waals surface area (Å²) in [5, 5.41) is 3.49. The summed E-state index contributed by atoms with van der Waals surface area (Å²) in [6.45, 7) is 5.42. The van der Waals surface area contributed by atoms with E-state index in [1.54, 1.807) is 0 Å². The minimum Gasteiger partial charge on any atom is -0.370 e. The molecule has 0 bridgehead atoms. The zero-order valence-electron chi connectivity index (χ0n) is 11.8. The molecule has 0 spiro atoms. The lowest BCUT2D eigenvalue weighted by molar-refractivity contribution is 0.648. The largest absolute Gasteiger partial charge is 0.370 e. The fourth-order valence-electron chi connectivity index (χ4n) is 2.48. The van der Waals surface area contributed by atoms with E-state index < -0.39 is 0 Å². The van der Waals surface area contributed by atoms with Crippen molar-refractivity contribution in [1.82, 2.24) is 9.97 Å². The van der Waals surface area contributed by atoms with Crippen LogP contribution in [-0.4, -0.2) is 16.5 Å². The number of unbranched alkanes of at least 4 members (excludes halogenated alkanes) is 1. The fraction of sp³-hybridized carbons (Fsp3) is 0.733. The third kappa shape index (κ3) is 3.21. The van der Waals surface area contributed by atoms with E-state index in [2.05, 4.69) is 19.2 Å². The average molecular weight is 247 g/mol. The van der Waals surface area contributed by atoms with Crippen molar-refractivity contribution in [3.05, 3.63) is 17.1 Å². The van der Waals surface area contributed by atoms with Crippen LogP contribution in [0.15, 0.2) is 0 Å². The lowest BCUT2D eigenvalue weighted by Crippen LogP contribution is -2.15. The van der Waals surface area contributed by atoms with Gasteiger partial charge in [-0.2, -0.15) is 0 Å². The summed E-state index contributed by atoms with van der Waals surface area (Å²) in [6, 6.07) is 0. The normalized spacial score (nSPS) is 14.3. The van der Waals surface area contributed by atoms with E-state index >= 15 is 0 Å². The molecule has 0 aliphatic heterocycles. The van der Waals surface area contributed by atoms with Crippen molar-refractivity contribution in [3.63, 3.8) is 0 Å². The van der Waals surface area contributed by atoms with Gasteiger partial charge in [-0.05, 0) is 38.5 Å². The van der Waals surface area contributed by atoms with Gasteiger partial charge in [0.2, 0.25) is 0 Å². The molecule has 0 aromatic carbocycles. The molecule has 2 rings (SSSR count). The summed E-state index contributed by atoms with van der Waals surface area (Å²) in [5.41, 5.74) is 2.69. The third-order valence-electron chi connectivity index (χ3n) is 3.53. The van der Waals surface area contributed by atoms with Gasteiger partial charge in [0.1, 0.15) is 11.6 Å². The molecule has 0 saturated heterocycles. The molecule has 1 heterocycles. The SMILES string of the molecule is CCCCc1nc2c(c(NCCC)n1)CCCC2. The minimum atomic E-state index is 1.01. The average Bonchev–Trinajstić information content (AvgIpc) is 2.42. The molecule has 0 amide bonds. The molecule has 3 heteroatoms. The van der Waals surface area contributed by atoms with Crippen molar-refractivity contribution in [2.75, 3.05) is 11.9 Å². The number of aryl methyl sites for hydroxylation is 2. The van der Waals surface area contributed by atoms with E-state index in [0.29, 0.717) is 0 Å². The Bertz CT molecular complexity index is 388. The highest BCUT2D eigenvalue weighted by molar-refractivity contribution is 5.47. The van der Waals surface area contributed by atoms with E-state index in [1.165, 1.54) is 36.9 Å². The van der Waals surface area contributed by atoms with Gasteiger partial charge in [-0.25, -0.2) is 9.97 Å². The second kappa shape index (κ2) is 6.72. The number of nitrogens with zero attached hydrogens (tertiary/aromatic N) is 2. The van der Waals surface area contributed by atoms with E-state index in [4.69, 9.17) is 9.97 Å². The Morgan fingerprint density at radius 2 is 1.89 bits per heavy atom. The van der Waals surface area contributed by atoms with Crippen LogP contribution in [0.4, 0.5) is 5.82 Å². The lowest BCUT2D eigenvalue weighted by atomic mass is 9.96. The van der Waals surface area contributed by atoms with Gasteiger partial charge < -0.3 is 5.32 Å². The topological polar surface area (TPSA) is 37.8 Å². The van der Waals surface area contributed by atoms with Crippen molar-refractivity contribution < 1.29 is 0 Å². The highest BCUT2D eigenvalue weighted by Gasteiger charge is 2.17. The van der Waals surface area contributed by atoms with Crippen LogP contribution < -0.4 is 5.32 Å². The van der Waals surface area contributed by atoms with Crippen LogP contribution in [0.2, 0.25) is 0 Å². The van der Waals surface area contributed by atoms with E-state index in [1.807, 2.05) is 0 Å². The highest BCUT2D eigenvalue weighted by Crippen LogP contribution is 2.25. The first-order valence-electron chi connectivity index (χ1n) is 7.47. The maximum absolute atomic E-state index is 4.77. The second-order valence-corrected chi connectivity index (χ2v) is 5.15. The van der Waals surface area contributed by atoms with Gasteiger partial charge in [-0.15, -0.1) is 0 Å². The zero-order chi connectivity index (χ0) is 12.8. The lowest BCUT2D eigenvalue weighted by Gasteiger charge is -2.19. The summed E-state index contributed by atoms with van der Waals surface area (Å²) in [4.78, 5) is 9.51. The maximum Gasteiger partial charge on any atom is 0.133 e. The molecular formula is C15H25N3. The van der Waals surface area contributed by atoms with Gasteiger partial charge in [0.05, 0.1) is 0 Å². The van der Waals surface area contributed by atoms with Crippen molar-refractivity contribution >= 4 is 5.82 Å². The van der Waals surface area contributed by atoms with E-state index in [9.17, 15) is 0 Å². The molecule has 1 aliphatic carbocycles. The smallest absolute Gasteiger partial charge is 0.133 e. The first-order valence-corrected chi connectivity index (χ1v) is 7.47. The van der Waals surface area contributed by atoms with Gasteiger partial charge >= 0.3 is 0 Å². The Labute approximate surface area is 110 Å². The number of hydrogen-bond donors (Lipinski definition) is 1. The van der Waals surface area contributed by atoms with Crippen LogP contribution in [0.5, 0.6) is 0 Å². The van der Waals surface area contributed by atoms with Gasteiger partial charge in [0.25, 0.3) is 0 Å². The Balaban J connectivity index is 2.22. The Morgan fingerprint density at radius 3 is 2.67 bits per heavy atom. The quantitative estimate of drug-likeness (QED) is 0.835. The van der Waals surface area contributed by atoms with Crippen molar-refractivity contribution in [2.24, 2.45) is 0 Å². The maximum atomic E-state index is 4.77. The van der Waals surface area contributed by atoms with Crippen molar-refractivity contribution in [2.45, 2.75) is 65.2 Å². The number of nitrogens with one attached hydrogen (secondary N) is 1. The van der Waals surface area contributed by atoms with Gasteiger partial charge in [0.15, 0.2) is 0 Å². The Morgan fingerprint density at radius 1 is 1.06 bits per heavy atom. The number of aromatic nitrogens is 2. The first-order chi connectivity index (χ1) is 8.85. The minimum absolute atomic E-state index is 1.01. The van der Waals surface area contributed by atoms with E-state index in [0.717, 1.165) is 43.9 Å². The zero-order valence-corrected chi connectivity index (χ0v) is 11.8. The molecule has 0 saturated carbocycles. The Hall–Kier alpha value is -1.12. The first kappa shape index (κ1) is 13.3. The van der Waals surface area contributed by atoms with Crippen LogP contribution >= 0.6 is 0 Å². The number of hydrogen-bond acceptors (Lipinski definition) is 3.